The Kier molecular flexibility index (Phi) is 4.84. The summed E-state index contributed by atoms with van der Waals surface area (Å²) in [5.41, 5.74) is 1.64. The van der Waals surface area contributed by atoms with Gasteiger partial charge in [-0.15, -0.1) is 10.2 Å². The first-order valence-electron chi connectivity index (χ1n) is 6.68. The van der Waals surface area contributed by atoms with E-state index in [2.05, 4.69) is 20.8 Å². The number of benzene rings is 1. The Morgan fingerprint density at radius 2 is 2.15 bits per heavy atom. The van der Waals surface area contributed by atoms with Crippen LogP contribution < -0.4 is 10.6 Å². The molecule has 0 aliphatic rings. The van der Waals surface area contributed by atoms with E-state index in [4.69, 9.17) is 0 Å². The standard InChI is InChI=1S/C14H19N5O/c1-3-19-10-16-18-14(19)11-6-4-5-7-12(11)17-13(20)8-9-15-2/h4-7,10,15H,3,8-9H2,1-2H3,(H,17,20). The van der Waals surface area contributed by atoms with Crippen LogP contribution in [-0.4, -0.2) is 34.3 Å². The molecule has 1 amide bonds. The lowest BCUT2D eigenvalue weighted by molar-refractivity contribution is -0.116. The van der Waals surface area contributed by atoms with Crippen LogP contribution in [0.15, 0.2) is 30.6 Å². The summed E-state index contributed by atoms with van der Waals surface area (Å²) in [6, 6.07) is 7.63. The fraction of sp³-hybridized carbons (Fsp3) is 0.357. The van der Waals surface area contributed by atoms with Gasteiger partial charge >= 0.3 is 0 Å². The van der Waals surface area contributed by atoms with Crippen LogP contribution in [0.5, 0.6) is 0 Å². The molecule has 0 atom stereocenters. The molecule has 1 aromatic heterocycles. The lowest BCUT2D eigenvalue weighted by Crippen LogP contribution is -2.19. The molecule has 0 radical (unpaired) electrons. The molecule has 1 heterocycles. The van der Waals surface area contributed by atoms with Crippen LogP contribution >= 0.6 is 0 Å². The fourth-order valence-electron chi connectivity index (χ4n) is 1.93. The van der Waals surface area contributed by atoms with Crippen molar-refractivity contribution in [2.45, 2.75) is 19.9 Å². The van der Waals surface area contributed by atoms with E-state index in [0.717, 1.165) is 23.6 Å². The Hall–Kier alpha value is -2.21. The Morgan fingerprint density at radius 1 is 1.35 bits per heavy atom. The van der Waals surface area contributed by atoms with E-state index < -0.39 is 0 Å². The smallest absolute Gasteiger partial charge is 0.225 e. The molecule has 0 aliphatic carbocycles. The van der Waals surface area contributed by atoms with Gasteiger partial charge in [-0.3, -0.25) is 4.79 Å². The van der Waals surface area contributed by atoms with Crippen LogP contribution in [0.3, 0.4) is 0 Å². The normalized spacial score (nSPS) is 10.5. The number of hydrogen-bond acceptors (Lipinski definition) is 4. The van der Waals surface area contributed by atoms with Crippen LogP contribution in [-0.2, 0) is 11.3 Å². The Balaban J connectivity index is 2.25. The van der Waals surface area contributed by atoms with E-state index in [-0.39, 0.29) is 5.91 Å². The number of anilines is 1. The summed E-state index contributed by atoms with van der Waals surface area (Å²) in [5, 5.41) is 13.9. The zero-order valence-corrected chi connectivity index (χ0v) is 11.8. The van der Waals surface area contributed by atoms with Gasteiger partial charge in [-0.05, 0) is 26.1 Å². The second-order valence-electron chi connectivity index (χ2n) is 4.39. The fourth-order valence-corrected chi connectivity index (χ4v) is 1.93. The molecule has 0 saturated carbocycles. The van der Waals surface area contributed by atoms with Crippen LogP contribution in [0.1, 0.15) is 13.3 Å². The second kappa shape index (κ2) is 6.81. The van der Waals surface area contributed by atoms with Crippen molar-refractivity contribution in [1.29, 1.82) is 0 Å². The maximum absolute atomic E-state index is 11.9. The van der Waals surface area contributed by atoms with E-state index in [0.29, 0.717) is 13.0 Å². The number of rotatable bonds is 6. The van der Waals surface area contributed by atoms with Gasteiger partial charge in [0.25, 0.3) is 0 Å². The summed E-state index contributed by atoms with van der Waals surface area (Å²) in [6.07, 6.45) is 2.13. The molecule has 2 N–H and O–H groups in total. The van der Waals surface area contributed by atoms with Crippen molar-refractivity contribution in [3.8, 4) is 11.4 Å². The maximum atomic E-state index is 11.9. The molecular formula is C14H19N5O. The number of nitrogens with zero attached hydrogens (tertiary/aromatic N) is 3. The first-order chi connectivity index (χ1) is 9.76. The van der Waals surface area contributed by atoms with Gasteiger partial charge in [-0.2, -0.15) is 0 Å². The highest BCUT2D eigenvalue weighted by Gasteiger charge is 2.12. The van der Waals surface area contributed by atoms with E-state index in [1.807, 2.05) is 42.8 Å². The van der Waals surface area contributed by atoms with Crippen molar-refractivity contribution in [2.75, 3.05) is 18.9 Å². The molecule has 0 saturated heterocycles. The number of carbonyl (C=O) groups excluding carboxylic acids is 1. The van der Waals surface area contributed by atoms with Crippen LogP contribution in [0.4, 0.5) is 5.69 Å². The monoisotopic (exact) mass is 273 g/mol. The molecule has 6 heteroatoms. The SMILES string of the molecule is CCn1cnnc1-c1ccccc1NC(=O)CCNC. The molecule has 106 valence electrons. The van der Waals surface area contributed by atoms with Gasteiger partial charge < -0.3 is 15.2 Å². The molecular weight excluding hydrogens is 254 g/mol. The van der Waals surface area contributed by atoms with Gasteiger partial charge in [0.2, 0.25) is 5.91 Å². The molecule has 1 aromatic carbocycles. The number of para-hydroxylation sites is 1. The zero-order valence-electron chi connectivity index (χ0n) is 11.8. The number of hydrogen-bond donors (Lipinski definition) is 2. The highest BCUT2D eigenvalue weighted by Crippen LogP contribution is 2.26. The van der Waals surface area contributed by atoms with E-state index in [9.17, 15) is 4.79 Å². The molecule has 0 spiro atoms. The third-order valence-corrected chi connectivity index (χ3v) is 3.00. The van der Waals surface area contributed by atoms with Crippen molar-refractivity contribution in [1.82, 2.24) is 20.1 Å². The quantitative estimate of drug-likeness (QED) is 0.837. The third kappa shape index (κ3) is 3.21. The number of nitrogens with one attached hydrogen (secondary N) is 2. The average Bonchev–Trinajstić information content (AvgIpc) is 2.94. The minimum Gasteiger partial charge on any atom is -0.325 e. The van der Waals surface area contributed by atoms with E-state index >= 15 is 0 Å². The Labute approximate surface area is 118 Å². The Morgan fingerprint density at radius 3 is 2.90 bits per heavy atom. The van der Waals surface area contributed by atoms with Gasteiger partial charge in [-0.25, -0.2) is 0 Å². The van der Waals surface area contributed by atoms with Crippen molar-refractivity contribution in [2.24, 2.45) is 0 Å². The average molecular weight is 273 g/mol. The van der Waals surface area contributed by atoms with Gasteiger partial charge in [0.05, 0.1) is 5.69 Å². The number of aryl methyl sites for hydroxylation is 1. The second-order valence-corrected chi connectivity index (χ2v) is 4.39. The van der Waals surface area contributed by atoms with Crippen LogP contribution in [0.25, 0.3) is 11.4 Å². The molecule has 0 unspecified atom stereocenters. The summed E-state index contributed by atoms with van der Waals surface area (Å²) >= 11 is 0. The topological polar surface area (TPSA) is 71.8 Å². The minimum absolute atomic E-state index is 0.0191. The van der Waals surface area contributed by atoms with Crippen LogP contribution in [0.2, 0.25) is 0 Å². The first-order valence-corrected chi connectivity index (χ1v) is 6.68. The molecule has 2 aromatic rings. The molecule has 0 fully saturated rings. The van der Waals surface area contributed by atoms with Gasteiger partial charge in [0.1, 0.15) is 6.33 Å². The summed E-state index contributed by atoms with van der Waals surface area (Å²) in [4.78, 5) is 11.9. The van der Waals surface area contributed by atoms with Crippen LogP contribution in [0, 0.1) is 0 Å². The van der Waals surface area contributed by atoms with Gasteiger partial charge in [0.15, 0.2) is 5.82 Å². The number of aromatic nitrogens is 3. The molecule has 6 nitrogen and oxygen atoms in total. The molecule has 20 heavy (non-hydrogen) atoms. The molecule has 0 bridgehead atoms. The number of carbonyl (C=O) groups is 1. The molecule has 2 rings (SSSR count). The number of amides is 1. The predicted octanol–water partition coefficient (Wildman–Crippen LogP) is 1.51. The predicted molar refractivity (Wildman–Crippen MR) is 78.3 cm³/mol. The van der Waals surface area contributed by atoms with Gasteiger partial charge in [0, 0.05) is 25.1 Å². The zero-order chi connectivity index (χ0) is 14.4. The molecule has 0 aliphatic heterocycles. The van der Waals surface area contributed by atoms with E-state index in [1.54, 1.807) is 6.33 Å². The van der Waals surface area contributed by atoms with Crippen molar-refractivity contribution in [3.05, 3.63) is 30.6 Å². The Bertz CT molecular complexity index is 578. The maximum Gasteiger partial charge on any atom is 0.225 e. The highest BCUT2D eigenvalue weighted by atomic mass is 16.1. The minimum atomic E-state index is -0.0191. The third-order valence-electron chi connectivity index (χ3n) is 3.00. The summed E-state index contributed by atoms with van der Waals surface area (Å²) in [7, 11) is 1.82. The largest absolute Gasteiger partial charge is 0.325 e. The lowest BCUT2D eigenvalue weighted by Gasteiger charge is -2.11. The highest BCUT2D eigenvalue weighted by molar-refractivity contribution is 5.94. The van der Waals surface area contributed by atoms with E-state index in [1.165, 1.54) is 0 Å². The van der Waals surface area contributed by atoms with Crippen molar-refractivity contribution in [3.63, 3.8) is 0 Å². The summed E-state index contributed by atoms with van der Waals surface area (Å²) in [5.74, 6) is 0.742. The summed E-state index contributed by atoms with van der Waals surface area (Å²) in [6.45, 7) is 3.46. The lowest BCUT2D eigenvalue weighted by atomic mass is 10.1. The summed E-state index contributed by atoms with van der Waals surface area (Å²) < 4.78 is 1.94. The van der Waals surface area contributed by atoms with Crippen molar-refractivity contribution >= 4 is 11.6 Å². The first kappa shape index (κ1) is 14.2. The van der Waals surface area contributed by atoms with Crippen molar-refractivity contribution < 1.29 is 4.79 Å². The van der Waals surface area contributed by atoms with Gasteiger partial charge in [-0.1, -0.05) is 12.1 Å².